The molecule has 1 aliphatic rings. The van der Waals surface area contributed by atoms with E-state index in [0.717, 1.165) is 18.5 Å². The summed E-state index contributed by atoms with van der Waals surface area (Å²) in [7, 11) is 0. The van der Waals surface area contributed by atoms with E-state index in [-0.39, 0.29) is 23.9 Å². The third-order valence-electron chi connectivity index (χ3n) is 3.62. The Hall–Kier alpha value is -1.46. The smallest absolute Gasteiger partial charge is 0.227 e. The van der Waals surface area contributed by atoms with Crippen LogP contribution in [0, 0.1) is 5.92 Å². The van der Waals surface area contributed by atoms with Gasteiger partial charge in [-0.25, -0.2) is 0 Å². The highest BCUT2D eigenvalue weighted by Crippen LogP contribution is 2.17. The molecule has 0 aliphatic carbocycles. The highest BCUT2D eigenvalue weighted by atomic mass is 16.5. The molecule has 1 aromatic heterocycles. The lowest BCUT2D eigenvalue weighted by Crippen LogP contribution is -2.44. The Morgan fingerprint density at radius 1 is 1.55 bits per heavy atom. The highest BCUT2D eigenvalue weighted by Gasteiger charge is 2.34. The number of nitrogens with one attached hydrogen (secondary N) is 2. The van der Waals surface area contributed by atoms with Crippen molar-refractivity contribution in [3.63, 3.8) is 0 Å². The lowest BCUT2D eigenvalue weighted by atomic mass is 10.0. The van der Waals surface area contributed by atoms with Gasteiger partial charge in [0.15, 0.2) is 0 Å². The minimum Gasteiger partial charge on any atom is -0.379 e. The number of ether oxygens (including phenoxy) is 1. The van der Waals surface area contributed by atoms with Gasteiger partial charge in [-0.05, 0) is 31.5 Å². The summed E-state index contributed by atoms with van der Waals surface area (Å²) in [6, 6.07) is 3.93. The maximum absolute atomic E-state index is 12.4. The molecule has 5 heteroatoms. The van der Waals surface area contributed by atoms with Gasteiger partial charge < -0.3 is 15.4 Å². The largest absolute Gasteiger partial charge is 0.379 e. The molecule has 3 atom stereocenters. The molecule has 110 valence electrons. The lowest BCUT2D eigenvalue weighted by molar-refractivity contribution is -0.126. The van der Waals surface area contributed by atoms with Gasteiger partial charge in [-0.1, -0.05) is 13.0 Å². The molecule has 1 saturated heterocycles. The van der Waals surface area contributed by atoms with Crippen LogP contribution in [0.1, 0.15) is 31.9 Å². The summed E-state index contributed by atoms with van der Waals surface area (Å²) in [6.45, 7) is 6.10. The Balaban J connectivity index is 1.90. The molecule has 0 saturated carbocycles. The molecule has 2 heterocycles. The summed E-state index contributed by atoms with van der Waals surface area (Å²) in [5, 5.41) is 6.42. The lowest BCUT2D eigenvalue weighted by Gasteiger charge is -2.21. The molecule has 0 bridgehead atoms. The molecule has 1 amide bonds. The molecule has 2 rings (SSSR count). The van der Waals surface area contributed by atoms with Crippen LogP contribution >= 0.6 is 0 Å². The maximum atomic E-state index is 12.4. The first-order valence-electron chi connectivity index (χ1n) is 7.23. The van der Waals surface area contributed by atoms with E-state index < -0.39 is 0 Å². The normalized spacial score (nSPS) is 23.5. The zero-order valence-electron chi connectivity index (χ0n) is 12.1. The summed E-state index contributed by atoms with van der Waals surface area (Å²) < 4.78 is 5.44. The van der Waals surface area contributed by atoms with Crippen molar-refractivity contribution < 1.29 is 9.53 Å². The number of amides is 1. The minimum atomic E-state index is -0.110. The summed E-state index contributed by atoms with van der Waals surface area (Å²) in [6.07, 6.45) is 4.56. The Kier molecular flexibility index (Phi) is 5.49. The van der Waals surface area contributed by atoms with Gasteiger partial charge in [0, 0.05) is 18.4 Å². The minimum absolute atomic E-state index is 0.0383. The fraction of sp³-hybridized carbons (Fsp3) is 0.600. The molecular formula is C15H23N3O2. The van der Waals surface area contributed by atoms with Crippen molar-refractivity contribution in [3.05, 3.63) is 30.1 Å². The van der Waals surface area contributed by atoms with Crippen molar-refractivity contribution >= 4 is 5.91 Å². The van der Waals surface area contributed by atoms with Crippen LogP contribution in [0.25, 0.3) is 0 Å². The van der Waals surface area contributed by atoms with E-state index >= 15 is 0 Å². The quantitative estimate of drug-likeness (QED) is 0.822. The molecule has 1 aliphatic heterocycles. The zero-order valence-corrected chi connectivity index (χ0v) is 12.1. The van der Waals surface area contributed by atoms with Gasteiger partial charge in [-0.2, -0.15) is 0 Å². The second-order valence-electron chi connectivity index (χ2n) is 5.22. The average Bonchev–Trinajstić information content (AvgIpc) is 2.94. The molecule has 0 spiro atoms. The van der Waals surface area contributed by atoms with Crippen molar-refractivity contribution in [1.29, 1.82) is 0 Å². The third kappa shape index (κ3) is 3.77. The Labute approximate surface area is 120 Å². The first-order valence-corrected chi connectivity index (χ1v) is 7.23. The van der Waals surface area contributed by atoms with Crippen LogP contribution in [0.15, 0.2) is 24.5 Å². The zero-order chi connectivity index (χ0) is 14.4. The Morgan fingerprint density at radius 2 is 2.40 bits per heavy atom. The van der Waals surface area contributed by atoms with Crippen LogP contribution in [0.2, 0.25) is 0 Å². The van der Waals surface area contributed by atoms with E-state index in [1.165, 1.54) is 0 Å². The number of carbonyl (C=O) groups excluding carboxylic acids is 1. The first kappa shape index (κ1) is 14.9. The predicted molar refractivity (Wildman–Crippen MR) is 77.2 cm³/mol. The van der Waals surface area contributed by atoms with Crippen molar-refractivity contribution in [2.75, 3.05) is 19.8 Å². The van der Waals surface area contributed by atoms with Crippen LogP contribution in [-0.4, -0.2) is 36.7 Å². The van der Waals surface area contributed by atoms with Crippen LogP contribution in [0.4, 0.5) is 0 Å². The maximum Gasteiger partial charge on any atom is 0.227 e. The fourth-order valence-corrected chi connectivity index (χ4v) is 2.38. The van der Waals surface area contributed by atoms with E-state index in [0.29, 0.717) is 13.2 Å². The number of rotatable bonds is 6. The van der Waals surface area contributed by atoms with E-state index in [9.17, 15) is 4.79 Å². The molecule has 0 radical (unpaired) electrons. The van der Waals surface area contributed by atoms with Crippen molar-refractivity contribution in [1.82, 2.24) is 15.6 Å². The highest BCUT2D eigenvalue weighted by molar-refractivity contribution is 5.80. The fourth-order valence-electron chi connectivity index (χ4n) is 2.38. The topological polar surface area (TPSA) is 63.2 Å². The van der Waals surface area contributed by atoms with Gasteiger partial charge in [-0.15, -0.1) is 0 Å². The van der Waals surface area contributed by atoms with E-state index in [1.807, 2.05) is 19.1 Å². The van der Waals surface area contributed by atoms with Crippen molar-refractivity contribution in [3.8, 4) is 0 Å². The van der Waals surface area contributed by atoms with Crippen LogP contribution in [0.5, 0.6) is 0 Å². The van der Waals surface area contributed by atoms with Gasteiger partial charge in [0.1, 0.15) is 0 Å². The number of hydrogen-bond acceptors (Lipinski definition) is 4. The SMILES string of the molecule is CCCNC1COCC1C(=O)N[C@@H](C)c1cccnc1. The first-order chi connectivity index (χ1) is 9.72. The molecule has 1 fully saturated rings. The third-order valence-corrected chi connectivity index (χ3v) is 3.62. The summed E-state index contributed by atoms with van der Waals surface area (Å²) >= 11 is 0. The van der Waals surface area contributed by atoms with Gasteiger partial charge in [0.05, 0.1) is 25.2 Å². The molecule has 20 heavy (non-hydrogen) atoms. The van der Waals surface area contributed by atoms with Crippen molar-refractivity contribution in [2.24, 2.45) is 5.92 Å². The Morgan fingerprint density at radius 3 is 3.10 bits per heavy atom. The number of aromatic nitrogens is 1. The van der Waals surface area contributed by atoms with Gasteiger partial charge >= 0.3 is 0 Å². The second kappa shape index (κ2) is 7.36. The number of nitrogens with zero attached hydrogens (tertiary/aromatic N) is 1. The molecule has 2 N–H and O–H groups in total. The second-order valence-corrected chi connectivity index (χ2v) is 5.22. The van der Waals surface area contributed by atoms with Crippen LogP contribution in [0.3, 0.4) is 0 Å². The molecular weight excluding hydrogens is 254 g/mol. The summed E-state index contributed by atoms with van der Waals surface area (Å²) in [4.78, 5) is 16.4. The van der Waals surface area contributed by atoms with Gasteiger partial charge in [0.25, 0.3) is 0 Å². The standard InChI is InChI=1S/C15H23N3O2/c1-3-6-17-14-10-20-9-13(14)15(19)18-11(2)12-5-4-7-16-8-12/h4-5,7-8,11,13-14,17H,3,6,9-10H2,1-2H3,(H,18,19)/t11-,13?,14?/m0/s1. The number of hydrogen-bond donors (Lipinski definition) is 2. The van der Waals surface area contributed by atoms with Gasteiger partial charge in [-0.3, -0.25) is 9.78 Å². The van der Waals surface area contributed by atoms with Crippen molar-refractivity contribution in [2.45, 2.75) is 32.4 Å². The average molecular weight is 277 g/mol. The van der Waals surface area contributed by atoms with Crippen LogP contribution < -0.4 is 10.6 Å². The summed E-state index contributed by atoms with van der Waals surface area (Å²) in [5.41, 5.74) is 1.01. The van der Waals surface area contributed by atoms with E-state index in [2.05, 4.69) is 22.5 Å². The van der Waals surface area contributed by atoms with Gasteiger partial charge in [0.2, 0.25) is 5.91 Å². The number of pyridine rings is 1. The summed E-state index contributed by atoms with van der Waals surface area (Å²) in [5.74, 6) is -0.0619. The monoisotopic (exact) mass is 277 g/mol. The van der Waals surface area contributed by atoms with E-state index in [4.69, 9.17) is 4.74 Å². The molecule has 2 unspecified atom stereocenters. The predicted octanol–water partition coefficient (Wildman–Crippen LogP) is 1.27. The molecule has 0 aromatic carbocycles. The number of carbonyl (C=O) groups is 1. The molecule has 5 nitrogen and oxygen atoms in total. The van der Waals surface area contributed by atoms with Crippen LogP contribution in [-0.2, 0) is 9.53 Å². The Bertz CT molecular complexity index is 424. The molecule has 1 aromatic rings. The van der Waals surface area contributed by atoms with E-state index in [1.54, 1.807) is 12.4 Å².